The van der Waals surface area contributed by atoms with Gasteiger partial charge >= 0.3 is 0 Å². The van der Waals surface area contributed by atoms with Crippen molar-refractivity contribution in [3.63, 3.8) is 0 Å². The molecule has 12 heavy (non-hydrogen) atoms. The largest absolute Gasteiger partial charge is 0.153 e. The molecule has 2 heteroatoms. The summed E-state index contributed by atoms with van der Waals surface area (Å²) in [4.78, 5) is 0. The molecular formula is C10H11ClS. The van der Waals surface area contributed by atoms with Crippen LogP contribution in [0.2, 0.25) is 0 Å². The first-order chi connectivity index (χ1) is 5.93. The molecule has 1 aromatic rings. The Bertz CT molecular complexity index is 231. The van der Waals surface area contributed by atoms with Crippen molar-refractivity contribution in [2.45, 2.75) is 5.75 Å². The molecule has 0 aliphatic carbocycles. The van der Waals surface area contributed by atoms with Crippen LogP contribution in [0.5, 0.6) is 0 Å². The molecule has 0 saturated heterocycles. The van der Waals surface area contributed by atoms with Gasteiger partial charge in [-0.1, -0.05) is 48.0 Å². The van der Waals surface area contributed by atoms with Gasteiger partial charge in [-0.25, -0.2) is 0 Å². The maximum atomic E-state index is 5.39. The van der Waals surface area contributed by atoms with Crippen molar-refractivity contribution < 1.29 is 0 Å². The highest BCUT2D eigenvalue weighted by atomic mass is 35.5. The summed E-state index contributed by atoms with van der Waals surface area (Å²) < 4.78 is 0. The van der Waals surface area contributed by atoms with Gasteiger partial charge in [-0.2, -0.15) is 11.8 Å². The fourth-order valence-corrected chi connectivity index (χ4v) is 1.83. The van der Waals surface area contributed by atoms with Crippen LogP contribution in [0.1, 0.15) is 5.56 Å². The second-order valence-electron chi connectivity index (χ2n) is 2.36. The van der Waals surface area contributed by atoms with Crippen molar-refractivity contribution in [3.05, 3.63) is 47.5 Å². The molecule has 64 valence electrons. The van der Waals surface area contributed by atoms with Crippen LogP contribution in [0.3, 0.4) is 0 Å². The maximum Gasteiger partial charge on any atom is 0.0187 e. The molecule has 0 atom stereocenters. The average molecular weight is 199 g/mol. The lowest BCUT2D eigenvalue weighted by atomic mass is 10.2. The molecule has 0 radical (unpaired) electrons. The van der Waals surface area contributed by atoms with Gasteiger partial charge in [0.15, 0.2) is 0 Å². The third kappa shape index (κ3) is 3.84. The third-order valence-corrected chi connectivity index (χ3v) is 2.56. The molecule has 0 aliphatic rings. The summed E-state index contributed by atoms with van der Waals surface area (Å²) in [6.45, 7) is 0. The van der Waals surface area contributed by atoms with E-state index in [1.54, 1.807) is 5.54 Å². The molecular weight excluding hydrogens is 188 g/mol. The van der Waals surface area contributed by atoms with Crippen LogP contribution >= 0.6 is 23.4 Å². The van der Waals surface area contributed by atoms with Crippen molar-refractivity contribution in [1.82, 2.24) is 0 Å². The molecule has 0 fully saturated rings. The summed E-state index contributed by atoms with van der Waals surface area (Å²) in [6.07, 6.45) is 1.95. The van der Waals surface area contributed by atoms with Crippen molar-refractivity contribution >= 4 is 23.4 Å². The standard InChI is InChI=1S/C10H11ClS/c11-7-4-8-12-9-10-5-2-1-3-6-10/h1-7H,8-9H2/b7-4+. The second kappa shape index (κ2) is 6.15. The maximum absolute atomic E-state index is 5.39. The van der Waals surface area contributed by atoms with E-state index >= 15 is 0 Å². The summed E-state index contributed by atoms with van der Waals surface area (Å²) >= 11 is 7.25. The molecule has 0 aliphatic heterocycles. The van der Waals surface area contributed by atoms with E-state index in [2.05, 4.69) is 24.3 Å². The minimum atomic E-state index is 0.985. The summed E-state index contributed by atoms with van der Waals surface area (Å²) in [5.74, 6) is 2.04. The Balaban J connectivity index is 2.24. The number of halogens is 1. The number of rotatable bonds is 4. The monoisotopic (exact) mass is 198 g/mol. The molecule has 0 heterocycles. The highest BCUT2D eigenvalue weighted by Crippen LogP contribution is 2.11. The normalized spacial score (nSPS) is 10.8. The van der Waals surface area contributed by atoms with E-state index in [4.69, 9.17) is 11.6 Å². The summed E-state index contributed by atoms with van der Waals surface area (Å²) in [5.41, 5.74) is 2.93. The quantitative estimate of drug-likeness (QED) is 0.666. The Morgan fingerprint density at radius 2 is 2.00 bits per heavy atom. The van der Waals surface area contributed by atoms with E-state index in [0.717, 1.165) is 11.5 Å². The number of hydrogen-bond donors (Lipinski definition) is 0. The van der Waals surface area contributed by atoms with E-state index in [0.29, 0.717) is 0 Å². The number of hydrogen-bond acceptors (Lipinski definition) is 1. The second-order valence-corrected chi connectivity index (χ2v) is 3.64. The highest BCUT2D eigenvalue weighted by Gasteiger charge is 1.88. The smallest absolute Gasteiger partial charge is 0.0187 e. The molecule has 0 N–H and O–H groups in total. The van der Waals surface area contributed by atoms with Crippen LogP contribution in [-0.4, -0.2) is 5.75 Å². The van der Waals surface area contributed by atoms with Crippen molar-refractivity contribution in [2.75, 3.05) is 5.75 Å². The molecule has 1 rings (SSSR count). The number of thioether (sulfide) groups is 1. The Kier molecular flexibility index (Phi) is 4.97. The van der Waals surface area contributed by atoms with E-state index in [1.165, 1.54) is 5.56 Å². The zero-order valence-corrected chi connectivity index (χ0v) is 8.31. The fraction of sp³-hybridized carbons (Fsp3) is 0.200. The Labute approximate surface area is 82.6 Å². The van der Waals surface area contributed by atoms with Gasteiger partial charge in [0, 0.05) is 17.0 Å². The predicted octanol–water partition coefficient (Wildman–Crippen LogP) is 3.67. The lowest BCUT2D eigenvalue weighted by Crippen LogP contribution is -1.79. The molecule has 0 spiro atoms. The third-order valence-electron chi connectivity index (χ3n) is 1.41. The highest BCUT2D eigenvalue weighted by molar-refractivity contribution is 7.98. The van der Waals surface area contributed by atoms with E-state index < -0.39 is 0 Å². The molecule has 0 bridgehead atoms. The van der Waals surface area contributed by atoms with Crippen molar-refractivity contribution in [1.29, 1.82) is 0 Å². The van der Waals surface area contributed by atoms with Crippen LogP contribution in [0, 0.1) is 0 Å². The summed E-state index contributed by atoms with van der Waals surface area (Å²) in [5, 5.41) is 0. The lowest BCUT2D eigenvalue weighted by Gasteiger charge is -1.97. The number of benzene rings is 1. The molecule has 0 saturated carbocycles. The van der Waals surface area contributed by atoms with Crippen LogP contribution in [-0.2, 0) is 5.75 Å². The van der Waals surface area contributed by atoms with Gasteiger partial charge in [0.2, 0.25) is 0 Å². The first-order valence-corrected chi connectivity index (χ1v) is 5.39. The molecule has 0 amide bonds. The van der Waals surface area contributed by atoms with Crippen LogP contribution in [0.15, 0.2) is 41.9 Å². The minimum Gasteiger partial charge on any atom is -0.153 e. The molecule has 1 aromatic carbocycles. The first-order valence-electron chi connectivity index (χ1n) is 3.80. The van der Waals surface area contributed by atoms with E-state index in [9.17, 15) is 0 Å². The average Bonchev–Trinajstić information content (AvgIpc) is 2.14. The zero-order chi connectivity index (χ0) is 8.65. The van der Waals surface area contributed by atoms with Gasteiger partial charge in [-0.15, -0.1) is 0 Å². The van der Waals surface area contributed by atoms with Crippen LogP contribution in [0.4, 0.5) is 0 Å². The zero-order valence-electron chi connectivity index (χ0n) is 6.74. The van der Waals surface area contributed by atoms with E-state index in [1.807, 2.05) is 23.9 Å². The lowest BCUT2D eigenvalue weighted by molar-refractivity contribution is 1.41. The molecule has 0 unspecified atom stereocenters. The van der Waals surface area contributed by atoms with Gasteiger partial charge < -0.3 is 0 Å². The van der Waals surface area contributed by atoms with Gasteiger partial charge in [0.05, 0.1) is 0 Å². The molecule has 0 aromatic heterocycles. The fourth-order valence-electron chi connectivity index (χ4n) is 0.855. The minimum absolute atomic E-state index is 0.985. The topological polar surface area (TPSA) is 0 Å². The van der Waals surface area contributed by atoms with Crippen molar-refractivity contribution in [2.24, 2.45) is 0 Å². The van der Waals surface area contributed by atoms with Gasteiger partial charge in [-0.05, 0) is 5.56 Å². The van der Waals surface area contributed by atoms with E-state index in [-0.39, 0.29) is 0 Å². The van der Waals surface area contributed by atoms with Crippen LogP contribution < -0.4 is 0 Å². The SMILES string of the molecule is Cl/C=C/CSCc1ccccc1. The van der Waals surface area contributed by atoms with Crippen LogP contribution in [0.25, 0.3) is 0 Å². The first kappa shape index (κ1) is 9.69. The van der Waals surface area contributed by atoms with Gasteiger partial charge in [0.1, 0.15) is 0 Å². The Morgan fingerprint density at radius 1 is 1.25 bits per heavy atom. The molecule has 0 nitrogen and oxygen atoms in total. The van der Waals surface area contributed by atoms with Crippen molar-refractivity contribution in [3.8, 4) is 0 Å². The summed E-state index contributed by atoms with van der Waals surface area (Å²) in [6, 6.07) is 10.4. The summed E-state index contributed by atoms with van der Waals surface area (Å²) in [7, 11) is 0. The van der Waals surface area contributed by atoms with Gasteiger partial charge in [0.25, 0.3) is 0 Å². The Hall–Kier alpha value is -0.400. The Morgan fingerprint density at radius 3 is 2.67 bits per heavy atom. The van der Waals surface area contributed by atoms with Gasteiger partial charge in [-0.3, -0.25) is 0 Å². The predicted molar refractivity (Wildman–Crippen MR) is 57.6 cm³/mol.